The lowest BCUT2D eigenvalue weighted by atomic mass is 10.0. The van der Waals surface area contributed by atoms with Gasteiger partial charge in [0.2, 0.25) is 5.91 Å². The molecule has 2 heterocycles. The molecule has 1 amide bonds. The summed E-state index contributed by atoms with van der Waals surface area (Å²) < 4.78 is 15.9. The summed E-state index contributed by atoms with van der Waals surface area (Å²) in [5.74, 6) is -0.0505. The van der Waals surface area contributed by atoms with Gasteiger partial charge < -0.3 is 19.5 Å². The number of cyclic esters (lactones) is 1. The summed E-state index contributed by atoms with van der Waals surface area (Å²) in [6.45, 7) is 0. The maximum atomic E-state index is 12.5. The molecule has 1 aromatic heterocycles. The Morgan fingerprint density at radius 1 is 1.26 bits per heavy atom. The van der Waals surface area contributed by atoms with Crippen LogP contribution >= 0.6 is 0 Å². The summed E-state index contributed by atoms with van der Waals surface area (Å²) in [6.07, 6.45) is 1.02. The number of aromatic nitrogens is 2. The Kier molecular flexibility index (Phi) is 4.15. The Morgan fingerprint density at radius 2 is 2.11 bits per heavy atom. The van der Waals surface area contributed by atoms with E-state index in [0.29, 0.717) is 28.3 Å². The summed E-state index contributed by atoms with van der Waals surface area (Å²) in [7, 11) is 2.95. The fraction of sp³-hybridized carbons (Fsp3) is 0.211. The van der Waals surface area contributed by atoms with Crippen LogP contribution in [0.3, 0.4) is 0 Å². The predicted octanol–water partition coefficient (Wildman–Crippen LogP) is 2.82. The molecular formula is C19H17N3O5. The van der Waals surface area contributed by atoms with E-state index in [9.17, 15) is 9.59 Å². The first-order valence-electron chi connectivity index (χ1n) is 8.29. The quantitative estimate of drug-likeness (QED) is 0.672. The number of amides is 1. The minimum Gasteiger partial charge on any atom is -0.493 e. The number of carbonyl (C=O) groups is 2. The molecule has 8 nitrogen and oxygen atoms in total. The van der Waals surface area contributed by atoms with Gasteiger partial charge in [-0.2, -0.15) is 5.10 Å². The molecule has 1 aliphatic rings. The van der Waals surface area contributed by atoms with Crippen LogP contribution in [0.4, 0.5) is 5.69 Å². The lowest BCUT2D eigenvalue weighted by Crippen LogP contribution is -2.15. The Hall–Kier alpha value is -3.55. The number of benzene rings is 2. The lowest BCUT2D eigenvalue weighted by Gasteiger charge is -2.12. The third-order valence-corrected chi connectivity index (χ3v) is 4.47. The molecule has 1 aliphatic heterocycles. The number of hydrogen-bond acceptors (Lipinski definition) is 6. The first-order chi connectivity index (χ1) is 13.1. The topological polar surface area (TPSA) is 103 Å². The van der Waals surface area contributed by atoms with E-state index in [1.807, 2.05) is 6.07 Å². The van der Waals surface area contributed by atoms with Crippen molar-refractivity contribution in [2.24, 2.45) is 0 Å². The van der Waals surface area contributed by atoms with Crippen LogP contribution in [0.1, 0.15) is 28.4 Å². The zero-order valence-corrected chi connectivity index (χ0v) is 14.7. The minimum absolute atomic E-state index is 0.00473. The number of H-pyrrole nitrogens is 1. The Labute approximate surface area is 154 Å². The number of nitrogens with zero attached hydrogens (tertiary/aromatic N) is 1. The van der Waals surface area contributed by atoms with Crippen molar-refractivity contribution >= 4 is 28.5 Å². The fourth-order valence-corrected chi connectivity index (χ4v) is 3.22. The lowest BCUT2D eigenvalue weighted by molar-refractivity contribution is -0.118. The molecule has 3 aromatic rings. The summed E-state index contributed by atoms with van der Waals surface area (Å²) in [5.41, 5.74) is 2.36. The van der Waals surface area contributed by atoms with Crippen molar-refractivity contribution in [1.29, 1.82) is 0 Å². The molecule has 0 bridgehead atoms. The molecule has 27 heavy (non-hydrogen) atoms. The zero-order valence-electron chi connectivity index (χ0n) is 14.7. The molecule has 0 radical (unpaired) electrons. The van der Waals surface area contributed by atoms with E-state index in [1.54, 1.807) is 30.5 Å². The number of rotatable bonds is 5. The number of nitrogens with one attached hydrogen (secondary N) is 2. The summed E-state index contributed by atoms with van der Waals surface area (Å²) in [4.78, 5) is 24.7. The number of carbonyl (C=O) groups excluding carboxylic acids is 2. The molecule has 4 rings (SSSR count). The standard InChI is InChI=1S/C19H17N3O5/c1-25-14-6-5-12-15(27-19(24)17(12)18(14)26-2)8-16(23)21-11-4-3-10-9-20-22-13(10)7-11/h3-7,9,15H,8H2,1-2H3,(H,20,22)(H,21,23). The first-order valence-corrected chi connectivity index (χ1v) is 8.29. The second kappa shape index (κ2) is 6.64. The van der Waals surface area contributed by atoms with Gasteiger partial charge in [0.25, 0.3) is 0 Å². The number of aromatic amines is 1. The van der Waals surface area contributed by atoms with Crippen LogP contribution in [0, 0.1) is 0 Å². The molecule has 0 aliphatic carbocycles. The van der Waals surface area contributed by atoms with Crippen molar-refractivity contribution in [2.45, 2.75) is 12.5 Å². The molecule has 1 atom stereocenters. The second-order valence-electron chi connectivity index (χ2n) is 6.08. The van der Waals surface area contributed by atoms with Gasteiger partial charge in [-0.3, -0.25) is 9.89 Å². The van der Waals surface area contributed by atoms with E-state index in [-0.39, 0.29) is 12.3 Å². The van der Waals surface area contributed by atoms with Gasteiger partial charge in [-0.25, -0.2) is 4.79 Å². The minimum atomic E-state index is -0.678. The van der Waals surface area contributed by atoms with Crippen LogP contribution in [0.2, 0.25) is 0 Å². The average molecular weight is 367 g/mol. The van der Waals surface area contributed by atoms with Crippen molar-refractivity contribution in [3.63, 3.8) is 0 Å². The largest absolute Gasteiger partial charge is 0.493 e. The van der Waals surface area contributed by atoms with Gasteiger partial charge in [-0.05, 0) is 24.3 Å². The Morgan fingerprint density at radius 3 is 2.89 bits per heavy atom. The number of anilines is 1. The summed E-state index contributed by atoms with van der Waals surface area (Å²) in [5, 5.41) is 10.6. The van der Waals surface area contributed by atoms with Crippen molar-refractivity contribution < 1.29 is 23.8 Å². The van der Waals surface area contributed by atoms with E-state index in [2.05, 4.69) is 15.5 Å². The third-order valence-electron chi connectivity index (χ3n) is 4.47. The molecule has 1 unspecified atom stereocenters. The number of hydrogen-bond donors (Lipinski definition) is 2. The normalized spacial score (nSPS) is 15.3. The number of ether oxygens (including phenoxy) is 3. The maximum Gasteiger partial charge on any atom is 0.343 e. The smallest absolute Gasteiger partial charge is 0.343 e. The van der Waals surface area contributed by atoms with Gasteiger partial charge in [0.15, 0.2) is 11.5 Å². The summed E-state index contributed by atoms with van der Waals surface area (Å²) >= 11 is 0. The molecule has 2 aromatic carbocycles. The highest BCUT2D eigenvalue weighted by molar-refractivity contribution is 5.99. The highest BCUT2D eigenvalue weighted by atomic mass is 16.6. The van der Waals surface area contributed by atoms with Gasteiger partial charge in [-0.1, -0.05) is 6.07 Å². The molecule has 0 saturated carbocycles. The van der Waals surface area contributed by atoms with Crippen molar-refractivity contribution in [1.82, 2.24) is 10.2 Å². The highest BCUT2D eigenvalue weighted by Crippen LogP contribution is 2.43. The number of fused-ring (bicyclic) bond motifs is 2. The van der Waals surface area contributed by atoms with Crippen LogP contribution in [0.15, 0.2) is 36.5 Å². The Balaban J connectivity index is 1.54. The average Bonchev–Trinajstić information content (AvgIpc) is 3.25. The van der Waals surface area contributed by atoms with Crippen molar-refractivity contribution in [3.05, 3.63) is 47.7 Å². The van der Waals surface area contributed by atoms with Crippen LogP contribution in [-0.2, 0) is 9.53 Å². The molecular weight excluding hydrogens is 350 g/mol. The van der Waals surface area contributed by atoms with Gasteiger partial charge in [0.1, 0.15) is 11.7 Å². The predicted molar refractivity (Wildman–Crippen MR) is 97.0 cm³/mol. The van der Waals surface area contributed by atoms with Crippen LogP contribution < -0.4 is 14.8 Å². The summed E-state index contributed by atoms with van der Waals surface area (Å²) in [6, 6.07) is 8.85. The molecule has 2 N–H and O–H groups in total. The zero-order chi connectivity index (χ0) is 19.0. The van der Waals surface area contributed by atoms with Crippen molar-refractivity contribution in [3.8, 4) is 11.5 Å². The van der Waals surface area contributed by atoms with Crippen LogP contribution in [0.5, 0.6) is 11.5 Å². The Bertz CT molecular complexity index is 1040. The number of methoxy groups -OCH3 is 2. The molecule has 138 valence electrons. The van der Waals surface area contributed by atoms with Gasteiger partial charge in [0.05, 0.1) is 32.4 Å². The van der Waals surface area contributed by atoms with E-state index in [4.69, 9.17) is 14.2 Å². The van der Waals surface area contributed by atoms with Crippen molar-refractivity contribution in [2.75, 3.05) is 19.5 Å². The molecule has 0 saturated heterocycles. The van der Waals surface area contributed by atoms with Crippen LogP contribution in [0.25, 0.3) is 10.9 Å². The third kappa shape index (κ3) is 2.95. The fourth-order valence-electron chi connectivity index (χ4n) is 3.22. The van der Waals surface area contributed by atoms with E-state index >= 15 is 0 Å². The monoisotopic (exact) mass is 367 g/mol. The van der Waals surface area contributed by atoms with E-state index in [1.165, 1.54) is 14.2 Å². The van der Waals surface area contributed by atoms with Crippen LogP contribution in [-0.4, -0.2) is 36.3 Å². The second-order valence-corrected chi connectivity index (χ2v) is 6.08. The maximum absolute atomic E-state index is 12.5. The molecule has 0 fully saturated rings. The molecule has 0 spiro atoms. The van der Waals surface area contributed by atoms with Gasteiger partial charge >= 0.3 is 5.97 Å². The first kappa shape index (κ1) is 16.9. The molecule has 8 heteroatoms. The van der Waals surface area contributed by atoms with E-state index in [0.717, 1.165) is 10.9 Å². The van der Waals surface area contributed by atoms with Gasteiger partial charge in [0, 0.05) is 16.6 Å². The van der Waals surface area contributed by atoms with Gasteiger partial charge in [-0.15, -0.1) is 0 Å². The number of esters is 1. The highest BCUT2D eigenvalue weighted by Gasteiger charge is 2.36. The SMILES string of the molecule is COc1ccc2c(c1OC)C(=O)OC2CC(=O)Nc1ccc2cn[nH]c2c1. The van der Waals surface area contributed by atoms with E-state index < -0.39 is 12.1 Å².